The molecule has 0 fully saturated rings. The number of benzene rings is 1. The van der Waals surface area contributed by atoms with Crippen molar-refractivity contribution in [3.63, 3.8) is 0 Å². The fourth-order valence-corrected chi connectivity index (χ4v) is 1.49. The normalized spacial score (nSPS) is 11.4. The maximum atomic E-state index is 11.6. The van der Waals surface area contributed by atoms with Crippen molar-refractivity contribution in [2.75, 3.05) is 5.32 Å². The Hall–Kier alpha value is -2.63. The number of aromatic amines is 1. The van der Waals surface area contributed by atoms with Crippen LogP contribution in [0.3, 0.4) is 0 Å². The van der Waals surface area contributed by atoms with E-state index in [-0.39, 0.29) is 17.5 Å². The van der Waals surface area contributed by atoms with E-state index in [1.54, 1.807) is 13.8 Å². The zero-order valence-electron chi connectivity index (χ0n) is 10.8. The summed E-state index contributed by atoms with van der Waals surface area (Å²) in [5.41, 5.74) is 7.57. The number of rotatable bonds is 2. The number of nitrogens with one attached hydrogen (secondary N) is 2. The van der Waals surface area contributed by atoms with Crippen LogP contribution in [-0.4, -0.2) is 15.9 Å². The fraction of sp³-hybridized carbons (Fsp3) is 0.154. The van der Waals surface area contributed by atoms with Crippen LogP contribution < -0.4 is 16.6 Å². The van der Waals surface area contributed by atoms with Gasteiger partial charge in [-0.3, -0.25) is 9.78 Å². The van der Waals surface area contributed by atoms with Gasteiger partial charge in [-0.15, -0.1) is 0 Å². The van der Waals surface area contributed by atoms with Gasteiger partial charge in [-0.25, -0.2) is 4.98 Å². The summed E-state index contributed by atoms with van der Waals surface area (Å²) >= 11 is 0. The second-order valence-electron chi connectivity index (χ2n) is 4.09. The molecule has 6 heteroatoms. The molecule has 0 radical (unpaired) electrons. The highest BCUT2D eigenvalue weighted by Gasteiger charge is 2.03. The predicted octanol–water partition coefficient (Wildman–Crippen LogP) is 1.45. The molecular formula is C13H15N5O. The van der Waals surface area contributed by atoms with Crippen molar-refractivity contribution in [2.24, 2.45) is 10.7 Å². The highest BCUT2D eigenvalue weighted by Crippen LogP contribution is 2.07. The second-order valence-corrected chi connectivity index (χ2v) is 4.09. The molecule has 0 atom stereocenters. The van der Waals surface area contributed by atoms with Crippen molar-refractivity contribution >= 4 is 17.6 Å². The molecule has 19 heavy (non-hydrogen) atoms. The molecule has 0 bridgehead atoms. The minimum atomic E-state index is -0.209. The van der Waals surface area contributed by atoms with Crippen LogP contribution in [0.25, 0.3) is 0 Å². The van der Waals surface area contributed by atoms with Crippen molar-refractivity contribution in [1.82, 2.24) is 9.97 Å². The van der Waals surface area contributed by atoms with Gasteiger partial charge in [0.05, 0.1) is 0 Å². The van der Waals surface area contributed by atoms with Gasteiger partial charge in [0.15, 0.2) is 0 Å². The summed E-state index contributed by atoms with van der Waals surface area (Å²) in [5.74, 6) is 0.353. The molecule has 6 nitrogen and oxygen atoms in total. The Labute approximate surface area is 110 Å². The van der Waals surface area contributed by atoms with Crippen molar-refractivity contribution in [3.8, 4) is 0 Å². The van der Waals surface area contributed by atoms with Crippen LogP contribution >= 0.6 is 0 Å². The zero-order valence-corrected chi connectivity index (χ0v) is 10.8. The van der Waals surface area contributed by atoms with Crippen molar-refractivity contribution in [2.45, 2.75) is 13.8 Å². The van der Waals surface area contributed by atoms with Crippen molar-refractivity contribution in [3.05, 3.63) is 51.9 Å². The second kappa shape index (κ2) is 5.34. The van der Waals surface area contributed by atoms with Gasteiger partial charge in [0.1, 0.15) is 0 Å². The summed E-state index contributed by atoms with van der Waals surface area (Å²) in [6.45, 7) is 3.46. The number of nitrogens with two attached hydrogens (primary N) is 1. The average Bonchev–Trinajstić information content (AvgIpc) is 2.37. The molecule has 1 heterocycles. The molecule has 0 aliphatic rings. The summed E-state index contributed by atoms with van der Waals surface area (Å²) in [6, 6.07) is 9.39. The first-order chi connectivity index (χ1) is 9.06. The van der Waals surface area contributed by atoms with Gasteiger partial charge in [-0.2, -0.15) is 4.99 Å². The Morgan fingerprint density at radius 2 is 2.00 bits per heavy atom. The third kappa shape index (κ3) is 3.19. The molecule has 2 rings (SSSR count). The number of guanidine groups is 1. The molecule has 0 aliphatic heterocycles. The third-order valence-corrected chi connectivity index (χ3v) is 2.65. The van der Waals surface area contributed by atoms with Crippen LogP contribution in [0.2, 0.25) is 0 Å². The van der Waals surface area contributed by atoms with E-state index in [0.29, 0.717) is 11.3 Å². The summed E-state index contributed by atoms with van der Waals surface area (Å²) in [7, 11) is 0. The Bertz CT molecular complexity index is 660. The third-order valence-electron chi connectivity index (χ3n) is 2.65. The molecule has 4 N–H and O–H groups in total. The monoisotopic (exact) mass is 257 g/mol. The van der Waals surface area contributed by atoms with Gasteiger partial charge in [0, 0.05) is 16.9 Å². The van der Waals surface area contributed by atoms with E-state index in [9.17, 15) is 4.79 Å². The quantitative estimate of drug-likeness (QED) is 0.560. The lowest BCUT2D eigenvalue weighted by molar-refractivity contribution is 1.01. The number of hydrogen-bond acceptors (Lipinski definition) is 3. The Kier molecular flexibility index (Phi) is 3.61. The molecule has 0 spiro atoms. The van der Waals surface area contributed by atoms with Crippen molar-refractivity contribution in [1.29, 1.82) is 0 Å². The SMILES string of the molecule is Cc1nc(/N=C(\N)Nc2ccccc2)[nH]c(=O)c1C. The first-order valence-corrected chi connectivity index (χ1v) is 5.80. The van der Waals surface area contributed by atoms with Gasteiger partial charge >= 0.3 is 0 Å². The van der Waals surface area contributed by atoms with Gasteiger partial charge in [0.25, 0.3) is 5.56 Å². The standard InChI is InChI=1S/C13H15N5O/c1-8-9(2)15-13(17-11(8)19)18-12(14)16-10-6-4-3-5-7-10/h3-7H,1-2H3,(H4,14,15,16,17,18,19). The van der Waals surface area contributed by atoms with Crippen LogP contribution in [0.5, 0.6) is 0 Å². The summed E-state index contributed by atoms with van der Waals surface area (Å²) in [4.78, 5) is 22.3. The van der Waals surface area contributed by atoms with E-state index in [0.717, 1.165) is 5.69 Å². The van der Waals surface area contributed by atoms with Gasteiger partial charge in [-0.05, 0) is 26.0 Å². The van der Waals surface area contributed by atoms with Gasteiger partial charge in [-0.1, -0.05) is 18.2 Å². The zero-order chi connectivity index (χ0) is 13.8. The molecule has 2 aromatic rings. The number of hydrogen-bond donors (Lipinski definition) is 3. The average molecular weight is 257 g/mol. The lowest BCUT2D eigenvalue weighted by Gasteiger charge is -2.05. The lowest BCUT2D eigenvalue weighted by Crippen LogP contribution is -2.22. The molecular weight excluding hydrogens is 242 g/mol. The van der Waals surface area contributed by atoms with Crippen LogP contribution in [0.4, 0.5) is 11.6 Å². The van der Waals surface area contributed by atoms with Crippen LogP contribution in [0, 0.1) is 13.8 Å². The number of para-hydroxylation sites is 1. The molecule has 1 aromatic carbocycles. The lowest BCUT2D eigenvalue weighted by atomic mass is 10.3. The van der Waals surface area contributed by atoms with Crippen LogP contribution in [0.15, 0.2) is 40.1 Å². The predicted molar refractivity (Wildman–Crippen MR) is 75.7 cm³/mol. The van der Waals surface area contributed by atoms with Crippen LogP contribution in [0.1, 0.15) is 11.3 Å². The fourth-order valence-electron chi connectivity index (χ4n) is 1.49. The largest absolute Gasteiger partial charge is 0.369 e. The van der Waals surface area contributed by atoms with E-state index >= 15 is 0 Å². The molecule has 1 aromatic heterocycles. The summed E-state index contributed by atoms with van der Waals surface area (Å²) < 4.78 is 0. The van der Waals surface area contributed by atoms with Crippen LogP contribution in [-0.2, 0) is 0 Å². The molecule has 0 saturated carbocycles. The van der Waals surface area contributed by atoms with E-state index in [4.69, 9.17) is 5.73 Å². The maximum absolute atomic E-state index is 11.6. The molecule has 98 valence electrons. The molecule has 0 amide bonds. The number of anilines is 1. The maximum Gasteiger partial charge on any atom is 0.255 e. The Balaban J connectivity index is 2.24. The number of aliphatic imine (C=N–C) groups is 1. The van der Waals surface area contributed by atoms with E-state index in [1.165, 1.54) is 0 Å². The highest BCUT2D eigenvalue weighted by molar-refractivity contribution is 5.93. The minimum absolute atomic E-state index is 0.164. The topological polar surface area (TPSA) is 96.2 Å². The molecule has 0 aliphatic carbocycles. The van der Waals surface area contributed by atoms with E-state index in [1.807, 2.05) is 30.3 Å². The first-order valence-electron chi connectivity index (χ1n) is 5.80. The van der Waals surface area contributed by atoms with Gasteiger partial charge in [0.2, 0.25) is 11.9 Å². The Morgan fingerprint density at radius 3 is 2.63 bits per heavy atom. The highest BCUT2D eigenvalue weighted by atomic mass is 16.1. The van der Waals surface area contributed by atoms with E-state index in [2.05, 4.69) is 20.3 Å². The number of nitrogens with zero attached hydrogens (tertiary/aromatic N) is 2. The summed E-state index contributed by atoms with van der Waals surface area (Å²) in [5, 5.41) is 2.91. The van der Waals surface area contributed by atoms with Gasteiger partial charge < -0.3 is 11.1 Å². The van der Waals surface area contributed by atoms with E-state index < -0.39 is 0 Å². The minimum Gasteiger partial charge on any atom is -0.369 e. The molecule has 0 unspecified atom stereocenters. The smallest absolute Gasteiger partial charge is 0.255 e. The number of H-pyrrole nitrogens is 1. The van der Waals surface area contributed by atoms with Crippen molar-refractivity contribution < 1.29 is 0 Å². The first kappa shape index (κ1) is 12.8. The number of aryl methyl sites for hydroxylation is 1. The number of aromatic nitrogens is 2. The summed E-state index contributed by atoms with van der Waals surface area (Å²) in [6.07, 6.45) is 0. The Morgan fingerprint density at radius 1 is 1.32 bits per heavy atom. The molecule has 0 saturated heterocycles.